The maximum atomic E-state index is 10.1. The normalized spacial score (nSPS) is 12.0. The molecule has 3 heteroatoms. The molecule has 0 aromatic carbocycles. The summed E-state index contributed by atoms with van der Waals surface area (Å²) in [6, 6.07) is 0.281. The second-order valence-electron chi connectivity index (χ2n) is 2.76. The van der Waals surface area contributed by atoms with Crippen molar-refractivity contribution < 1.29 is 9.90 Å². The smallest absolute Gasteiger partial charge is 0.303 e. The lowest BCUT2D eigenvalue weighted by molar-refractivity contribution is -0.137. The summed E-state index contributed by atoms with van der Waals surface area (Å²) >= 11 is 0. The minimum atomic E-state index is -0.749. The van der Waals surface area contributed by atoms with Crippen molar-refractivity contribution in [3.05, 3.63) is 0 Å². The summed E-state index contributed by atoms with van der Waals surface area (Å²) in [7, 11) is 0. The fourth-order valence-electron chi connectivity index (χ4n) is 0.837. The summed E-state index contributed by atoms with van der Waals surface area (Å²) in [5, 5.41) is 11.5. The van der Waals surface area contributed by atoms with Crippen molar-refractivity contribution in [3.8, 4) is 12.3 Å². The molecule has 0 heterocycles. The summed E-state index contributed by atoms with van der Waals surface area (Å²) in [6.45, 7) is 2.70. The summed E-state index contributed by atoms with van der Waals surface area (Å²) in [5.41, 5.74) is 0. The van der Waals surface area contributed by atoms with Gasteiger partial charge in [0.2, 0.25) is 0 Å². The highest BCUT2D eigenvalue weighted by atomic mass is 16.4. The fourth-order valence-corrected chi connectivity index (χ4v) is 0.837. The molecule has 0 fully saturated rings. The van der Waals surface area contributed by atoms with Gasteiger partial charge >= 0.3 is 5.97 Å². The molecule has 12 heavy (non-hydrogen) atoms. The van der Waals surface area contributed by atoms with Gasteiger partial charge in [-0.2, -0.15) is 0 Å². The molecule has 68 valence electrons. The molecule has 0 amide bonds. The summed E-state index contributed by atoms with van der Waals surface area (Å²) in [6.07, 6.45) is 6.66. The number of terminal acetylenes is 1. The van der Waals surface area contributed by atoms with Crippen LogP contribution in [0, 0.1) is 12.3 Å². The minimum absolute atomic E-state index is 0.218. The van der Waals surface area contributed by atoms with Gasteiger partial charge < -0.3 is 10.4 Å². The molecule has 1 atom stereocenters. The first-order valence-electron chi connectivity index (χ1n) is 4.05. The molecule has 0 saturated heterocycles. The van der Waals surface area contributed by atoms with E-state index in [9.17, 15) is 4.79 Å². The molecule has 0 bridgehead atoms. The number of carboxylic acid groups (broad SMARTS) is 1. The Labute approximate surface area is 73.2 Å². The molecular weight excluding hydrogens is 154 g/mol. The van der Waals surface area contributed by atoms with Crippen molar-refractivity contribution in [1.29, 1.82) is 0 Å². The maximum absolute atomic E-state index is 10.1. The van der Waals surface area contributed by atoms with Crippen LogP contribution < -0.4 is 5.32 Å². The van der Waals surface area contributed by atoms with Crippen molar-refractivity contribution in [3.63, 3.8) is 0 Å². The average molecular weight is 169 g/mol. The molecule has 0 aliphatic heterocycles. The largest absolute Gasteiger partial charge is 0.481 e. The molecule has 0 rings (SSSR count). The van der Waals surface area contributed by atoms with Crippen LogP contribution in [0.2, 0.25) is 0 Å². The summed E-state index contributed by atoms with van der Waals surface area (Å²) in [5.74, 6) is 1.79. The molecule has 1 unspecified atom stereocenters. The number of hydrogen-bond donors (Lipinski definition) is 2. The van der Waals surface area contributed by atoms with E-state index in [0.717, 1.165) is 6.54 Å². The zero-order valence-electron chi connectivity index (χ0n) is 7.34. The SMILES string of the molecule is C#CCC(C)NCCCC(=O)O. The molecule has 0 spiro atoms. The molecule has 0 saturated carbocycles. The van der Waals surface area contributed by atoms with Crippen LogP contribution in [0.1, 0.15) is 26.2 Å². The van der Waals surface area contributed by atoms with E-state index >= 15 is 0 Å². The summed E-state index contributed by atoms with van der Waals surface area (Å²) in [4.78, 5) is 10.1. The number of carbonyl (C=O) groups is 1. The second kappa shape index (κ2) is 6.68. The third kappa shape index (κ3) is 7.10. The van der Waals surface area contributed by atoms with E-state index in [2.05, 4.69) is 11.2 Å². The van der Waals surface area contributed by atoms with Gasteiger partial charge in [0, 0.05) is 18.9 Å². The molecule has 0 aromatic heterocycles. The molecule has 0 aliphatic rings. The van der Waals surface area contributed by atoms with Gasteiger partial charge in [0.1, 0.15) is 0 Å². The number of rotatable bonds is 6. The van der Waals surface area contributed by atoms with Gasteiger partial charge in [-0.25, -0.2) is 0 Å². The van der Waals surface area contributed by atoms with E-state index in [4.69, 9.17) is 11.5 Å². The standard InChI is InChI=1S/C9H15NO2/c1-3-5-8(2)10-7-4-6-9(11)12/h1,8,10H,4-7H2,2H3,(H,11,12). The van der Waals surface area contributed by atoms with Crippen molar-refractivity contribution >= 4 is 5.97 Å². The molecule has 3 nitrogen and oxygen atoms in total. The lowest BCUT2D eigenvalue weighted by atomic mass is 10.2. The van der Waals surface area contributed by atoms with Crippen molar-refractivity contribution in [2.75, 3.05) is 6.54 Å². The van der Waals surface area contributed by atoms with Gasteiger partial charge in [-0.3, -0.25) is 4.79 Å². The zero-order valence-corrected chi connectivity index (χ0v) is 7.34. The van der Waals surface area contributed by atoms with Gasteiger partial charge in [-0.1, -0.05) is 0 Å². The van der Waals surface area contributed by atoms with Crippen LogP contribution in [0.25, 0.3) is 0 Å². The van der Waals surface area contributed by atoms with Gasteiger partial charge in [0.15, 0.2) is 0 Å². The third-order valence-corrected chi connectivity index (χ3v) is 1.48. The molecule has 2 N–H and O–H groups in total. The van der Waals surface area contributed by atoms with Gasteiger partial charge in [0.05, 0.1) is 0 Å². The van der Waals surface area contributed by atoms with E-state index in [1.165, 1.54) is 0 Å². The first-order chi connectivity index (χ1) is 5.66. The van der Waals surface area contributed by atoms with Crippen LogP contribution >= 0.6 is 0 Å². The van der Waals surface area contributed by atoms with Crippen LogP contribution in [-0.4, -0.2) is 23.7 Å². The average Bonchev–Trinajstić information content (AvgIpc) is 1.98. The predicted octanol–water partition coefficient (Wildman–Crippen LogP) is 0.853. The minimum Gasteiger partial charge on any atom is -0.481 e. The van der Waals surface area contributed by atoms with E-state index in [1.54, 1.807) is 0 Å². The highest BCUT2D eigenvalue weighted by molar-refractivity contribution is 5.66. The first kappa shape index (κ1) is 11.0. The van der Waals surface area contributed by atoms with Crippen LogP contribution in [0.5, 0.6) is 0 Å². The van der Waals surface area contributed by atoms with Crippen LogP contribution in [0.3, 0.4) is 0 Å². The number of carboxylic acids is 1. The molecule has 0 radical (unpaired) electrons. The van der Waals surface area contributed by atoms with Gasteiger partial charge in [0.25, 0.3) is 0 Å². The van der Waals surface area contributed by atoms with Gasteiger partial charge in [-0.15, -0.1) is 12.3 Å². The lowest BCUT2D eigenvalue weighted by Gasteiger charge is -2.08. The van der Waals surface area contributed by atoms with Crippen molar-refractivity contribution in [1.82, 2.24) is 5.32 Å². The number of hydrogen-bond acceptors (Lipinski definition) is 2. The highest BCUT2D eigenvalue weighted by Gasteiger charge is 1.99. The Kier molecular flexibility index (Phi) is 6.12. The Hall–Kier alpha value is -1.01. The lowest BCUT2D eigenvalue weighted by Crippen LogP contribution is -2.26. The van der Waals surface area contributed by atoms with Crippen LogP contribution in [0.4, 0.5) is 0 Å². The number of aliphatic carboxylic acids is 1. The second-order valence-corrected chi connectivity index (χ2v) is 2.76. The Balaban J connectivity index is 3.20. The highest BCUT2D eigenvalue weighted by Crippen LogP contribution is 1.90. The number of nitrogens with one attached hydrogen (secondary N) is 1. The Bertz CT molecular complexity index is 172. The Morgan fingerprint density at radius 1 is 1.75 bits per heavy atom. The zero-order chi connectivity index (χ0) is 9.40. The van der Waals surface area contributed by atoms with Crippen molar-refractivity contribution in [2.45, 2.75) is 32.2 Å². The van der Waals surface area contributed by atoms with E-state index in [1.807, 2.05) is 6.92 Å². The van der Waals surface area contributed by atoms with Crippen LogP contribution in [-0.2, 0) is 4.79 Å². The maximum Gasteiger partial charge on any atom is 0.303 e. The molecular formula is C9H15NO2. The molecule has 0 aliphatic carbocycles. The predicted molar refractivity (Wildman–Crippen MR) is 47.8 cm³/mol. The third-order valence-electron chi connectivity index (χ3n) is 1.48. The quantitative estimate of drug-likeness (QED) is 0.458. The van der Waals surface area contributed by atoms with Crippen LogP contribution in [0.15, 0.2) is 0 Å². The van der Waals surface area contributed by atoms with E-state index < -0.39 is 5.97 Å². The van der Waals surface area contributed by atoms with E-state index in [-0.39, 0.29) is 12.5 Å². The molecule has 0 aromatic rings. The summed E-state index contributed by atoms with van der Waals surface area (Å²) < 4.78 is 0. The van der Waals surface area contributed by atoms with E-state index in [0.29, 0.717) is 12.8 Å². The topological polar surface area (TPSA) is 49.3 Å². The Morgan fingerprint density at radius 3 is 2.92 bits per heavy atom. The first-order valence-corrected chi connectivity index (χ1v) is 4.05. The van der Waals surface area contributed by atoms with Crippen molar-refractivity contribution in [2.24, 2.45) is 0 Å². The van der Waals surface area contributed by atoms with Gasteiger partial charge in [-0.05, 0) is 19.9 Å². The monoisotopic (exact) mass is 169 g/mol. The Morgan fingerprint density at radius 2 is 2.42 bits per heavy atom. The fraction of sp³-hybridized carbons (Fsp3) is 0.667.